The zero-order valence-electron chi connectivity index (χ0n) is 16.4. The van der Waals surface area contributed by atoms with Crippen molar-refractivity contribution in [3.8, 4) is 5.75 Å². The second-order valence-electron chi connectivity index (χ2n) is 7.46. The summed E-state index contributed by atoms with van der Waals surface area (Å²) in [4.78, 5) is 28.9. The predicted molar refractivity (Wildman–Crippen MR) is 111 cm³/mol. The summed E-state index contributed by atoms with van der Waals surface area (Å²) in [7, 11) is 0. The molecule has 29 heavy (non-hydrogen) atoms. The number of benzene rings is 1. The molecule has 1 aliphatic rings. The Morgan fingerprint density at radius 1 is 1.24 bits per heavy atom. The van der Waals surface area contributed by atoms with E-state index in [0.29, 0.717) is 23.3 Å². The van der Waals surface area contributed by atoms with Crippen molar-refractivity contribution in [3.63, 3.8) is 0 Å². The fourth-order valence-corrected chi connectivity index (χ4v) is 3.66. The van der Waals surface area contributed by atoms with Crippen molar-refractivity contribution in [1.29, 1.82) is 0 Å². The Kier molecular flexibility index (Phi) is 4.92. The monoisotopic (exact) mass is 390 g/mol. The maximum absolute atomic E-state index is 13.0. The number of carboxylic acid groups (broad SMARTS) is 1. The molecular formula is C23H22N2O4. The highest BCUT2D eigenvalue weighted by molar-refractivity contribution is 5.88. The molecule has 2 heterocycles. The van der Waals surface area contributed by atoms with Crippen LogP contribution >= 0.6 is 0 Å². The minimum atomic E-state index is -1.07. The molecule has 0 atom stereocenters. The van der Waals surface area contributed by atoms with E-state index in [9.17, 15) is 14.7 Å². The van der Waals surface area contributed by atoms with Crippen LogP contribution in [-0.2, 0) is 6.42 Å². The van der Waals surface area contributed by atoms with Crippen molar-refractivity contribution in [3.05, 3.63) is 75.3 Å². The molecule has 0 bridgehead atoms. The average molecular weight is 390 g/mol. The van der Waals surface area contributed by atoms with Gasteiger partial charge in [-0.2, -0.15) is 0 Å². The van der Waals surface area contributed by atoms with E-state index in [1.807, 2.05) is 38.1 Å². The number of nitrogens with zero attached hydrogens (tertiary/aromatic N) is 2. The lowest BCUT2D eigenvalue weighted by atomic mass is 9.90. The summed E-state index contributed by atoms with van der Waals surface area (Å²) >= 11 is 0. The van der Waals surface area contributed by atoms with E-state index >= 15 is 0 Å². The number of fused-ring (bicyclic) bond motifs is 2. The van der Waals surface area contributed by atoms with Crippen LogP contribution in [-0.4, -0.2) is 26.6 Å². The van der Waals surface area contributed by atoms with Gasteiger partial charge in [0.1, 0.15) is 11.4 Å². The molecule has 0 saturated heterocycles. The van der Waals surface area contributed by atoms with Gasteiger partial charge < -0.3 is 9.84 Å². The molecule has 6 nitrogen and oxygen atoms in total. The lowest BCUT2D eigenvalue weighted by Gasteiger charge is -2.19. The van der Waals surface area contributed by atoms with E-state index in [-0.39, 0.29) is 17.2 Å². The molecule has 1 aliphatic carbocycles. The third-order valence-electron chi connectivity index (χ3n) is 4.91. The van der Waals surface area contributed by atoms with Crippen LogP contribution in [0.5, 0.6) is 5.75 Å². The van der Waals surface area contributed by atoms with Crippen LogP contribution in [0.4, 0.5) is 0 Å². The molecule has 1 N–H and O–H groups in total. The van der Waals surface area contributed by atoms with Gasteiger partial charge in [-0.3, -0.25) is 9.20 Å². The van der Waals surface area contributed by atoms with Gasteiger partial charge in [-0.15, -0.1) is 0 Å². The fraction of sp³-hybridized carbons (Fsp3) is 0.261. The number of aromatic carboxylic acids is 1. The van der Waals surface area contributed by atoms with Gasteiger partial charge in [0.15, 0.2) is 0 Å². The largest absolute Gasteiger partial charge is 0.491 e. The van der Waals surface area contributed by atoms with Crippen molar-refractivity contribution < 1.29 is 14.6 Å². The van der Waals surface area contributed by atoms with Crippen LogP contribution in [0, 0.1) is 0 Å². The number of aromatic nitrogens is 2. The number of carbonyl (C=O) groups is 1. The van der Waals surface area contributed by atoms with Crippen LogP contribution < -0.4 is 10.3 Å². The summed E-state index contributed by atoms with van der Waals surface area (Å²) in [5.74, 6) is -0.265. The van der Waals surface area contributed by atoms with Gasteiger partial charge in [0, 0.05) is 11.8 Å². The first-order valence-corrected chi connectivity index (χ1v) is 9.68. The summed E-state index contributed by atoms with van der Waals surface area (Å²) in [6.45, 7) is 3.97. The van der Waals surface area contributed by atoms with Crippen molar-refractivity contribution in [2.24, 2.45) is 0 Å². The van der Waals surface area contributed by atoms with Gasteiger partial charge in [-0.05, 0) is 74.6 Å². The van der Waals surface area contributed by atoms with Gasteiger partial charge >= 0.3 is 5.97 Å². The van der Waals surface area contributed by atoms with E-state index in [4.69, 9.17) is 9.72 Å². The lowest BCUT2D eigenvalue weighted by Crippen LogP contribution is -2.25. The summed E-state index contributed by atoms with van der Waals surface area (Å²) in [5.41, 5.74) is 3.66. The number of ether oxygens (including phenoxy) is 1. The van der Waals surface area contributed by atoms with E-state index < -0.39 is 5.97 Å². The molecule has 0 unspecified atom stereocenters. The Morgan fingerprint density at radius 2 is 2.07 bits per heavy atom. The number of hydrogen-bond acceptors (Lipinski definition) is 4. The van der Waals surface area contributed by atoms with Crippen LogP contribution in [0.25, 0.3) is 17.3 Å². The van der Waals surface area contributed by atoms with Crippen LogP contribution in [0.2, 0.25) is 0 Å². The second-order valence-corrected chi connectivity index (χ2v) is 7.46. The molecule has 0 fully saturated rings. The Balaban J connectivity index is 1.81. The molecular weight excluding hydrogens is 368 g/mol. The standard InChI is InChI=1S/C23H22N2O4/c1-14(2)29-18-7-3-5-15(12-18)11-16-6-4-8-19-21(16)24-20-10-9-17(23(27)28)13-25(20)22(19)26/h3,5,7,9-14H,4,6,8H2,1-2H3,(H,27,28). The number of carboxylic acids is 1. The van der Waals surface area contributed by atoms with Crippen molar-refractivity contribution in [2.45, 2.75) is 39.2 Å². The molecule has 6 heteroatoms. The quantitative estimate of drug-likeness (QED) is 0.727. The first-order valence-electron chi connectivity index (χ1n) is 9.68. The highest BCUT2D eigenvalue weighted by atomic mass is 16.5. The van der Waals surface area contributed by atoms with E-state index in [2.05, 4.69) is 6.08 Å². The Morgan fingerprint density at radius 3 is 2.83 bits per heavy atom. The lowest BCUT2D eigenvalue weighted by molar-refractivity contribution is 0.0696. The number of allylic oxidation sites excluding steroid dienone is 1. The molecule has 0 saturated carbocycles. The summed E-state index contributed by atoms with van der Waals surface area (Å²) < 4.78 is 7.11. The zero-order valence-corrected chi connectivity index (χ0v) is 16.4. The molecule has 0 aliphatic heterocycles. The summed E-state index contributed by atoms with van der Waals surface area (Å²) in [6.07, 6.45) is 5.81. The van der Waals surface area contributed by atoms with Crippen LogP contribution in [0.15, 0.2) is 47.4 Å². The van der Waals surface area contributed by atoms with Crippen molar-refractivity contribution in [1.82, 2.24) is 9.38 Å². The normalized spacial score (nSPS) is 14.9. The molecule has 148 valence electrons. The second kappa shape index (κ2) is 7.54. The minimum Gasteiger partial charge on any atom is -0.491 e. The van der Waals surface area contributed by atoms with Crippen molar-refractivity contribution >= 4 is 23.3 Å². The molecule has 0 radical (unpaired) electrons. The first-order chi connectivity index (χ1) is 13.9. The molecule has 3 aromatic rings. The first kappa shape index (κ1) is 18.9. The summed E-state index contributed by atoms with van der Waals surface area (Å²) in [6, 6.07) is 10.9. The maximum Gasteiger partial charge on any atom is 0.337 e. The third kappa shape index (κ3) is 3.78. The average Bonchev–Trinajstić information content (AvgIpc) is 2.68. The Labute approximate surface area is 168 Å². The number of hydrogen-bond donors (Lipinski definition) is 1. The molecule has 0 spiro atoms. The smallest absolute Gasteiger partial charge is 0.337 e. The van der Waals surface area contributed by atoms with Gasteiger partial charge in [0.05, 0.1) is 17.4 Å². The Bertz CT molecular complexity index is 1190. The van der Waals surface area contributed by atoms with Crippen molar-refractivity contribution in [2.75, 3.05) is 0 Å². The molecule has 1 aromatic carbocycles. The summed E-state index contributed by atoms with van der Waals surface area (Å²) in [5, 5.41) is 9.20. The zero-order chi connectivity index (χ0) is 20.5. The molecule has 0 amide bonds. The third-order valence-corrected chi connectivity index (χ3v) is 4.91. The van der Waals surface area contributed by atoms with E-state index in [1.54, 1.807) is 6.07 Å². The molecule has 2 aromatic heterocycles. The van der Waals surface area contributed by atoms with Crippen LogP contribution in [0.1, 0.15) is 53.9 Å². The number of rotatable bonds is 4. The number of pyridine rings is 1. The van der Waals surface area contributed by atoms with Gasteiger partial charge in [0.2, 0.25) is 0 Å². The van der Waals surface area contributed by atoms with E-state index in [0.717, 1.165) is 29.7 Å². The predicted octanol–water partition coefficient (Wildman–Crippen LogP) is 4.06. The SMILES string of the molecule is CC(C)Oc1cccc(C=C2CCCc3c2nc2ccc(C(=O)O)cn2c3=O)c1. The minimum absolute atomic E-state index is 0.0647. The van der Waals surface area contributed by atoms with Gasteiger partial charge in [0.25, 0.3) is 5.56 Å². The highest BCUT2D eigenvalue weighted by Gasteiger charge is 2.21. The van der Waals surface area contributed by atoms with Gasteiger partial charge in [-0.25, -0.2) is 9.78 Å². The fourth-order valence-electron chi connectivity index (χ4n) is 3.66. The van der Waals surface area contributed by atoms with Crippen LogP contribution in [0.3, 0.4) is 0 Å². The topological polar surface area (TPSA) is 80.9 Å². The highest BCUT2D eigenvalue weighted by Crippen LogP contribution is 2.30. The maximum atomic E-state index is 13.0. The van der Waals surface area contributed by atoms with Gasteiger partial charge in [-0.1, -0.05) is 12.1 Å². The Hall–Kier alpha value is -3.41. The van der Waals surface area contributed by atoms with E-state index in [1.165, 1.54) is 16.7 Å². The molecule has 4 rings (SSSR count).